The first-order chi connectivity index (χ1) is 16.0. The van der Waals surface area contributed by atoms with Crippen molar-refractivity contribution in [3.8, 4) is 0 Å². The summed E-state index contributed by atoms with van der Waals surface area (Å²) >= 11 is 0. The van der Waals surface area contributed by atoms with Crippen LogP contribution < -0.4 is 0 Å². The zero-order valence-corrected chi connectivity index (χ0v) is 21.0. The van der Waals surface area contributed by atoms with Crippen molar-refractivity contribution >= 4 is 17.9 Å². The van der Waals surface area contributed by atoms with Crippen molar-refractivity contribution in [1.29, 1.82) is 0 Å². The molecule has 194 valence electrons. The summed E-state index contributed by atoms with van der Waals surface area (Å²) in [5, 5.41) is 8.70. The second-order valence-electron chi connectivity index (χ2n) is 8.32. The number of carbonyl (C=O) groups is 3. The second kappa shape index (κ2) is 22.1. The van der Waals surface area contributed by atoms with Gasteiger partial charge in [-0.3, -0.25) is 14.4 Å². The Kier molecular flexibility index (Phi) is 21.0. The minimum atomic E-state index is -0.959. The number of rotatable bonds is 22. The van der Waals surface area contributed by atoms with Gasteiger partial charge in [0.2, 0.25) is 0 Å². The summed E-state index contributed by atoms with van der Waals surface area (Å²) in [7, 11) is 0. The van der Waals surface area contributed by atoms with E-state index in [1.807, 2.05) is 0 Å². The van der Waals surface area contributed by atoms with Crippen LogP contribution in [0.5, 0.6) is 0 Å². The fourth-order valence-corrected chi connectivity index (χ4v) is 3.24. The van der Waals surface area contributed by atoms with Gasteiger partial charge in [0.15, 0.2) is 0 Å². The van der Waals surface area contributed by atoms with Crippen molar-refractivity contribution in [3.63, 3.8) is 0 Å². The van der Waals surface area contributed by atoms with Crippen LogP contribution in [0, 0.1) is 11.8 Å². The molecule has 1 N–H and O–H groups in total. The Balaban J connectivity index is 4.67. The topological polar surface area (TPSA) is 108 Å². The van der Waals surface area contributed by atoms with Crippen molar-refractivity contribution in [2.75, 3.05) is 39.6 Å². The van der Waals surface area contributed by atoms with E-state index in [0.717, 1.165) is 64.2 Å². The minimum Gasteiger partial charge on any atom is -0.466 e. The SMILES string of the molecule is CCCCCCCOC(=O)CC(C(=O)OCCCCCCC)C(C)C(=O)OCCOCCO. The first kappa shape index (κ1) is 31.3. The fraction of sp³-hybridized carbons (Fsp3) is 0.880. The fourth-order valence-electron chi connectivity index (χ4n) is 3.24. The van der Waals surface area contributed by atoms with Gasteiger partial charge in [-0.05, 0) is 12.8 Å². The molecule has 0 aromatic heterocycles. The van der Waals surface area contributed by atoms with E-state index in [4.69, 9.17) is 24.1 Å². The van der Waals surface area contributed by atoms with Crippen LogP contribution in [0.15, 0.2) is 0 Å². The van der Waals surface area contributed by atoms with Crippen molar-refractivity contribution in [3.05, 3.63) is 0 Å². The van der Waals surface area contributed by atoms with E-state index in [9.17, 15) is 14.4 Å². The number of hydrogen-bond acceptors (Lipinski definition) is 8. The molecule has 0 aromatic carbocycles. The van der Waals surface area contributed by atoms with E-state index in [-0.39, 0.29) is 39.5 Å². The summed E-state index contributed by atoms with van der Waals surface area (Å²) in [6, 6.07) is 0. The molecule has 0 amide bonds. The average molecular weight is 475 g/mol. The zero-order valence-electron chi connectivity index (χ0n) is 21.0. The van der Waals surface area contributed by atoms with Gasteiger partial charge in [0, 0.05) is 0 Å². The van der Waals surface area contributed by atoms with Gasteiger partial charge in [0.1, 0.15) is 6.61 Å². The lowest BCUT2D eigenvalue weighted by Gasteiger charge is -2.21. The molecule has 0 aromatic rings. The third kappa shape index (κ3) is 17.5. The van der Waals surface area contributed by atoms with E-state index in [0.29, 0.717) is 6.61 Å². The van der Waals surface area contributed by atoms with Crippen LogP contribution in [0.4, 0.5) is 0 Å². The average Bonchev–Trinajstić information content (AvgIpc) is 2.81. The number of aliphatic hydroxyl groups is 1. The van der Waals surface area contributed by atoms with Crippen molar-refractivity contribution in [2.45, 2.75) is 91.4 Å². The molecule has 0 spiro atoms. The Hall–Kier alpha value is -1.67. The van der Waals surface area contributed by atoms with Gasteiger partial charge in [0.05, 0.1) is 51.3 Å². The Morgan fingerprint density at radius 3 is 1.79 bits per heavy atom. The molecule has 33 heavy (non-hydrogen) atoms. The molecule has 2 unspecified atom stereocenters. The van der Waals surface area contributed by atoms with E-state index in [1.165, 1.54) is 0 Å². The molecule has 0 aliphatic rings. The maximum absolute atomic E-state index is 12.7. The second-order valence-corrected chi connectivity index (χ2v) is 8.32. The summed E-state index contributed by atoms with van der Waals surface area (Å²) in [4.78, 5) is 37.4. The minimum absolute atomic E-state index is 0.00454. The first-order valence-corrected chi connectivity index (χ1v) is 12.6. The van der Waals surface area contributed by atoms with Crippen LogP contribution in [-0.4, -0.2) is 62.7 Å². The zero-order chi connectivity index (χ0) is 24.7. The molecule has 0 fully saturated rings. The summed E-state index contributed by atoms with van der Waals surface area (Å²) in [6.07, 6.45) is 10.0. The highest BCUT2D eigenvalue weighted by Crippen LogP contribution is 2.21. The highest BCUT2D eigenvalue weighted by molar-refractivity contribution is 5.85. The summed E-state index contributed by atoms with van der Waals surface area (Å²) in [5.41, 5.74) is 0. The largest absolute Gasteiger partial charge is 0.466 e. The van der Waals surface area contributed by atoms with Gasteiger partial charge in [-0.1, -0.05) is 72.1 Å². The highest BCUT2D eigenvalue weighted by atomic mass is 16.6. The van der Waals surface area contributed by atoms with Crippen molar-refractivity contribution in [2.24, 2.45) is 11.8 Å². The number of hydrogen-bond donors (Lipinski definition) is 1. The molecule has 0 saturated carbocycles. The molecule has 0 bridgehead atoms. The molecule has 0 heterocycles. The Morgan fingerprint density at radius 2 is 1.21 bits per heavy atom. The molecule has 0 aliphatic carbocycles. The van der Waals surface area contributed by atoms with Crippen molar-refractivity contribution in [1.82, 2.24) is 0 Å². The maximum Gasteiger partial charge on any atom is 0.310 e. The Bertz CT molecular complexity index is 509. The predicted molar refractivity (Wildman–Crippen MR) is 126 cm³/mol. The molecule has 0 saturated heterocycles. The molecule has 0 rings (SSSR count). The molecular formula is C25H46O8. The van der Waals surface area contributed by atoms with E-state index in [1.54, 1.807) is 6.92 Å². The van der Waals surface area contributed by atoms with Crippen LogP contribution in [-0.2, 0) is 33.3 Å². The molecule has 2 atom stereocenters. The number of unbranched alkanes of at least 4 members (excludes halogenated alkanes) is 8. The van der Waals surface area contributed by atoms with Crippen LogP contribution >= 0.6 is 0 Å². The first-order valence-electron chi connectivity index (χ1n) is 12.6. The monoisotopic (exact) mass is 474 g/mol. The molecular weight excluding hydrogens is 428 g/mol. The number of aliphatic hydroxyl groups excluding tert-OH is 1. The Labute approximate surface area is 199 Å². The van der Waals surface area contributed by atoms with E-state index >= 15 is 0 Å². The van der Waals surface area contributed by atoms with Gasteiger partial charge < -0.3 is 24.1 Å². The smallest absolute Gasteiger partial charge is 0.310 e. The van der Waals surface area contributed by atoms with Gasteiger partial charge in [-0.2, -0.15) is 0 Å². The summed E-state index contributed by atoms with van der Waals surface area (Å²) < 4.78 is 20.9. The van der Waals surface area contributed by atoms with Crippen LogP contribution in [0.1, 0.15) is 91.4 Å². The van der Waals surface area contributed by atoms with Crippen LogP contribution in [0.3, 0.4) is 0 Å². The van der Waals surface area contributed by atoms with Crippen molar-refractivity contribution < 1.29 is 38.4 Å². The van der Waals surface area contributed by atoms with Crippen LogP contribution in [0.25, 0.3) is 0 Å². The van der Waals surface area contributed by atoms with Crippen LogP contribution in [0.2, 0.25) is 0 Å². The standard InChI is InChI=1S/C25H46O8/c1-4-6-8-10-12-15-31-23(27)20-22(25(29)32-16-13-11-9-7-5-2)21(3)24(28)33-19-18-30-17-14-26/h21-22,26H,4-20H2,1-3H3. The normalized spacial score (nSPS) is 12.7. The lowest BCUT2D eigenvalue weighted by molar-refractivity contribution is -0.164. The van der Waals surface area contributed by atoms with Gasteiger partial charge in [-0.25, -0.2) is 0 Å². The summed E-state index contributed by atoms with van der Waals surface area (Å²) in [6.45, 7) is 6.60. The van der Waals surface area contributed by atoms with Gasteiger partial charge in [0.25, 0.3) is 0 Å². The number of esters is 3. The lowest BCUT2D eigenvalue weighted by Crippen LogP contribution is -2.33. The van der Waals surface area contributed by atoms with Gasteiger partial charge in [-0.15, -0.1) is 0 Å². The third-order valence-corrected chi connectivity index (χ3v) is 5.38. The summed E-state index contributed by atoms with van der Waals surface area (Å²) in [5.74, 6) is -3.50. The molecule has 0 aliphatic heterocycles. The predicted octanol–water partition coefficient (Wildman–Crippen LogP) is 4.21. The molecule has 8 heteroatoms. The third-order valence-electron chi connectivity index (χ3n) is 5.38. The number of ether oxygens (including phenoxy) is 4. The number of carbonyl (C=O) groups excluding carboxylic acids is 3. The quantitative estimate of drug-likeness (QED) is 0.141. The molecule has 0 radical (unpaired) electrons. The van der Waals surface area contributed by atoms with Gasteiger partial charge >= 0.3 is 17.9 Å². The lowest BCUT2D eigenvalue weighted by atomic mass is 9.91. The van der Waals surface area contributed by atoms with E-state index < -0.39 is 29.7 Å². The highest BCUT2D eigenvalue weighted by Gasteiger charge is 2.35. The Morgan fingerprint density at radius 1 is 0.667 bits per heavy atom. The van der Waals surface area contributed by atoms with E-state index in [2.05, 4.69) is 13.8 Å². The maximum atomic E-state index is 12.7. The molecule has 8 nitrogen and oxygen atoms in total.